The van der Waals surface area contributed by atoms with Crippen molar-refractivity contribution in [2.24, 2.45) is 0 Å². The van der Waals surface area contributed by atoms with Crippen molar-refractivity contribution in [1.82, 2.24) is 4.90 Å². The summed E-state index contributed by atoms with van der Waals surface area (Å²) in [6.07, 6.45) is 2.75. The average molecular weight is 363 g/mol. The summed E-state index contributed by atoms with van der Waals surface area (Å²) in [6.45, 7) is 5.41. The van der Waals surface area contributed by atoms with Crippen LogP contribution >= 0.6 is 27.5 Å². The van der Waals surface area contributed by atoms with Gasteiger partial charge >= 0.3 is 0 Å². The molecule has 1 fully saturated rings. The van der Waals surface area contributed by atoms with Crippen molar-refractivity contribution in [3.63, 3.8) is 0 Å². The summed E-state index contributed by atoms with van der Waals surface area (Å²) in [7, 11) is 0. The topological polar surface area (TPSA) is 32.7 Å². The van der Waals surface area contributed by atoms with Crippen molar-refractivity contribution < 1.29 is 9.84 Å². The third kappa shape index (κ3) is 4.92. The zero-order valence-corrected chi connectivity index (χ0v) is 14.1. The van der Waals surface area contributed by atoms with Crippen molar-refractivity contribution >= 4 is 27.5 Å². The molecule has 1 unspecified atom stereocenters. The highest BCUT2D eigenvalue weighted by molar-refractivity contribution is 9.10. The summed E-state index contributed by atoms with van der Waals surface area (Å²) in [5.74, 6) is 0.816. The van der Waals surface area contributed by atoms with Gasteiger partial charge in [-0.25, -0.2) is 0 Å². The Balaban J connectivity index is 1.78. The minimum Gasteiger partial charge on any atom is -0.491 e. The van der Waals surface area contributed by atoms with Gasteiger partial charge in [0.25, 0.3) is 0 Å². The fourth-order valence-electron chi connectivity index (χ4n) is 2.42. The molecule has 112 valence electrons. The predicted molar refractivity (Wildman–Crippen MR) is 85.6 cm³/mol. The van der Waals surface area contributed by atoms with Gasteiger partial charge in [-0.1, -0.05) is 11.6 Å². The minimum absolute atomic E-state index is 0.505. The van der Waals surface area contributed by atoms with Crippen molar-refractivity contribution in [3.8, 4) is 5.75 Å². The molecule has 1 aliphatic heterocycles. The first-order chi connectivity index (χ1) is 9.46. The second kappa shape index (κ2) is 7.12. The van der Waals surface area contributed by atoms with Crippen LogP contribution in [0.15, 0.2) is 22.7 Å². The highest BCUT2D eigenvalue weighted by atomic mass is 79.9. The molecule has 0 aliphatic carbocycles. The SMILES string of the molecule is CC1(O)CCCN(CCOc2ccc(Cl)cc2Br)CC1. The Morgan fingerprint density at radius 2 is 2.20 bits per heavy atom. The first kappa shape index (κ1) is 16.1. The van der Waals surface area contributed by atoms with Gasteiger partial charge in [-0.15, -0.1) is 0 Å². The first-order valence-electron chi connectivity index (χ1n) is 6.99. The molecule has 1 aromatic rings. The Kier molecular flexibility index (Phi) is 5.73. The number of hydrogen-bond acceptors (Lipinski definition) is 3. The van der Waals surface area contributed by atoms with E-state index in [1.807, 2.05) is 25.1 Å². The van der Waals surface area contributed by atoms with Gasteiger partial charge in [-0.05, 0) is 66.9 Å². The quantitative estimate of drug-likeness (QED) is 0.886. The second-order valence-electron chi connectivity index (χ2n) is 5.62. The molecule has 0 spiro atoms. The molecule has 0 saturated carbocycles. The standard InChI is InChI=1S/C15H21BrClNO2/c1-15(19)5-2-7-18(8-6-15)9-10-20-14-4-3-12(17)11-13(14)16/h3-4,11,19H,2,5-10H2,1H3. The largest absolute Gasteiger partial charge is 0.491 e. The third-order valence-electron chi connectivity index (χ3n) is 3.72. The number of likely N-dealkylation sites (tertiary alicyclic amines) is 1. The highest BCUT2D eigenvalue weighted by Gasteiger charge is 2.24. The predicted octanol–water partition coefficient (Wildman–Crippen LogP) is 3.72. The smallest absolute Gasteiger partial charge is 0.133 e. The number of ether oxygens (including phenoxy) is 1. The van der Waals surface area contributed by atoms with Crippen LogP contribution in [0.1, 0.15) is 26.2 Å². The van der Waals surface area contributed by atoms with E-state index in [0.29, 0.717) is 11.6 Å². The van der Waals surface area contributed by atoms with Gasteiger partial charge < -0.3 is 9.84 Å². The van der Waals surface area contributed by atoms with Crippen LogP contribution in [0.2, 0.25) is 5.02 Å². The van der Waals surface area contributed by atoms with Crippen LogP contribution in [0.3, 0.4) is 0 Å². The van der Waals surface area contributed by atoms with E-state index in [9.17, 15) is 5.11 Å². The molecule has 1 aliphatic rings. The maximum absolute atomic E-state index is 10.1. The lowest BCUT2D eigenvalue weighted by Crippen LogP contribution is -2.31. The maximum atomic E-state index is 10.1. The normalized spacial score (nSPS) is 24.4. The number of aliphatic hydroxyl groups is 1. The van der Waals surface area contributed by atoms with Crippen molar-refractivity contribution in [2.75, 3.05) is 26.2 Å². The third-order valence-corrected chi connectivity index (χ3v) is 4.57. The molecular weight excluding hydrogens is 342 g/mol. The van der Waals surface area contributed by atoms with Crippen LogP contribution in [-0.4, -0.2) is 41.8 Å². The van der Waals surface area contributed by atoms with E-state index in [0.717, 1.165) is 49.1 Å². The van der Waals surface area contributed by atoms with E-state index >= 15 is 0 Å². The Labute approximate surface area is 134 Å². The van der Waals surface area contributed by atoms with Crippen molar-refractivity contribution in [3.05, 3.63) is 27.7 Å². The number of rotatable bonds is 4. The molecule has 1 aromatic carbocycles. The molecular formula is C15H21BrClNO2. The first-order valence-corrected chi connectivity index (χ1v) is 8.16. The summed E-state index contributed by atoms with van der Waals surface area (Å²) in [5, 5.41) is 10.8. The second-order valence-corrected chi connectivity index (χ2v) is 6.91. The molecule has 2 rings (SSSR count). The van der Waals surface area contributed by atoms with Gasteiger partial charge in [0.15, 0.2) is 0 Å². The van der Waals surface area contributed by atoms with E-state index in [1.165, 1.54) is 0 Å². The van der Waals surface area contributed by atoms with E-state index in [2.05, 4.69) is 20.8 Å². The summed E-state index contributed by atoms with van der Waals surface area (Å²) in [4.78, 5) is 2.35. The molecule has 0 bridgehead atoms. The summed E-state index contributed by atoms with van der Waals surface area (Å²) in [5.41, 5.74) is -0.505. The molecule has 0 amide bonds. The lowest BCUT2D eigenvalue weighted by molar-refractivity contribution is 0.0442. The molecule has 1 heterocycles. The lowest BCUT2D eigenvalue weighted by Gasteiger charge is -2.22. The monoisotopic (exact) mass is 361 g/mol. The molecule has 0 aromatic heterocycles. The molecule has 0 radical (unpaired) electrons. The van der Waals surface area contributed by atoms with Gasteiger partial charge in [0.05, 0.1) is 10.1 Å². The van der Waals surface area contributed by atoms with Crippen LogP contribution in [0, 0.1) is 0 Å². The summed E-state index contributed by atoms with van der Waals surface area (Å²) < 4.78 is 6.66. The van der Waals surface area contributed by atoms with Gasteiger partial charge in [0.1, 0.15) is 12.4 Å². The fourth-order valence-corrected chi connectivity index (χ4v) is 3.22. The van der Waals surface area contributed by atoms with Crippen LogP contribution in [0.5, 0.6) is 5.75 Å². The zero-order valence-electron chi connectivity index (χ0n) is 11.7. The van der Waals surface area contributed by atoms with Gasteiger partial charge in [-0.3, -0.25) is 4.90 Å². The van der Waals surface area contributed by atoms with E-state index in [1.54, 1.807) is 0 Å². The number of halogens is 2. The van der Waals surface area contributed by atoms with Crippen LogP contribution < -0.4 is 4.74 Å². The lowest BCUT2D eigenvalue weighted by atomic mass is 9.98. The summed E-state index contributed by atoms with van der Waals surface area (Å²) in [6, 6.07) is 5.53. The Morgan fingerprint density at radius 1 is 1.40 bits per heavy atom. The molecule has 1 saturated heterocycles. The molecule has 20 heavy (non-hydrogen) atoms. The van der Waals surface area contributed by atoms with E-state index < -0.39 is 5.60 Å². The van der Waals surface area contributed by atoms with Gasteiger partial charge in [-0.2, -0.15) is 0 Å². The highest BCUT2D eigenvalue weighted by Crippen LogP contribution is 2.28. The Hall–Kier alpha value is -0.290. The van der Waals surface area contributed by atoms with Crippen molar-refractivity contribution in [2.45, 2.75) is 31.8 Å². The Morgan fingerprint density at radius 3 is 2.95 bits per heavy atom. The minimum atomic E-state index is -0.505. The van der Waals surface area contributed by atoms with E-state index in [4.69, 9.17) is 16.3 Å². The number of benzene rings is 1. The molecule has 1 N–H and O–H groups in total. The van der Waals surface area contributed by atoms with Gasteiger partial charge in [0.2, 0.25) is 0 Å². The molecule has 1 atom stereocenters. The van der Waals surface area contributed by atoms with Crippen LogP contribution in [0.4, 0.5) is 0 Å². The number of nitrogens with zero attached hydrogens (tertiary/aromatic N) is 1. The van der Waals surface area contributed by atoms with Crippen molar-refractivity contribution in [1.29, 1.82) is 0 Å². The fraction of sp³-hybridized carbons (Fsp3) is 0.600. The Bertz CT molecular complexity index is 453. The van der Waals surface area contributed by atoms with E-state index in [-0.39, 0.29) is 0 Å². The molecule has 5 heteroatoms. The summed E-state index contributed by atoms with van der Waals surface area (Å²) >= 11 is 9.34. The van der Waals surface area contributed by atoms with Crippen LogP contribution in [0.25, 0.3) is 0 Å². The maximum Gasteiger partial charge on any atom is 0.133 e. The zero-order chi connectivity index (χ0) is 14.6. The van der Waals surface area contributed by atoms with Gasteiger partial charge in [0, 0.05) is 18.1 Å². The average Bonchev–Trinajstić information content (AvgIpc) is 2.54. The molecule has 3 nitrogen and oxygen atoms in total. The van der Waals surface area contributed by atoms with Crippen LogP contribution in [-0.2, 0) is 0 Å². The number of hydrogen-bond donors (Lipinski definition) is 1.